The van der Waals surface area contributed by atoms with Crippen LogP contribution in [0.25, 0.3) is 0 Å². The van der Waals surface area contributed by atoms with Crippen molar-refractivity contribution in [3.05, 3.63) is 71.5 Å². The van der Waals surface area contributed by atoms with Crippen LogP contribution in [0.3, 0.4) is 0 Å². The molecule has 2 heterocycles. The summed E-state index contributed by atoms with van der Waals surface area (Å²) in [6, 6.07) is 18.3. The zero-order valence-corrected chi connectivity index (χ0v) is 16.0. The fraction of sp³-hybridized carbons (Fsp3) is 0.238. The second-order valence-electron chi connectivity index (χ2n) is 6.66. The van der Waals surface area contributed by atoms with E-state index < -0.39 is 0 Å². The minimum atomic E-state index is 0.703. The van der Waals surface area contributed by atoms with Gasteiger partial charge in [-0.2, -0.15) is 0 Å². The molecule has 1 saturated heterocycles. The summed E-state index contributed by atoms with van der Waals surface area (Å²) >= 11 is 6.11. The van der Waals surface area contributed by atoms with Crippen molar-refractivity contribution in [1.82, 2.24) is 9.97 Å². The number of nitrogens with zero attached hydrogens (tertiary/aromatic N) is 4. The van der Waals surface area contributed by atoms with Crippen LogP contribution in [0.2, 0.25) is 5.02 Å². The van der Waals surface area contributed by atoms with E-state index in [0.717, 1.165) is 49.1 Å². The number of piperazine rings is 1. The Balaban J connectivity index is 1.45. The Morgan fingerprint density at radius 3 is 2.41 bits per heavy atom. The minimum Gasteiger partial charge on any atom is -0.368 e. The summed E-state index contributed by atoms with van der Waals surface area (Å²) in [5.74, 6) is 1.72. The highest BCUT2D eigenvalue weighted by Crippen LogP contribution is 2.25. The molecule has 3 aromatic rings. The summed E-state index contributed by atoms with van der Waals surface area (Å²) < 4.78 is 0. The van der Waals surface area contributed by atoms with E-state index in [1.807, 2.05) is 31.2 Å². The van der Waals surface area contributed by atoms with Gasteiger partial charge in [0.25, 0.3) is 0 Å². The van der Waals surface area contributed by atoms with E-state index in [2.05, 4.69) is 55.4 Å². The van der Waals surface area contributed by atoms with Gasteiger partial charge in [0.05, 0.1) is 0 Å². The van der Waals surface area contributed by atoms with Gasteiger partial charge in [0.1, 0.15) is 18.0 Å². The van der Waals surface area contributed by atoms with Crippen LogP contribution in [0.5, 0.6) is 0 Å². The second-order valence-corrected chi connectivity index (χ2v) is 7.09. The smallest absolute Gasteiger partial charge is 0.135 e. The van der Waals surface area contributed by atoms with Crippen molar-refractivity contribution in [2.75, 3.05) is 41.3 Å². The van der Waals surface area contributed by atoms with Crippen LogP contribution in [0.1, 0.15) is 5.56 Å². The highest BCUT2D eigenvalue weighted by molar-refractivity contribution is 6.30. The first-order valence-corrected chi connectivity index (χ1v) is 9.47. The molecule has 0 bridgehead atoms. The maximum absolute atomic E-state index is 6.11. The summed E-state index contributed by atoms with van der Waals surface area (Å²) in [6.07, 6.45) is 1.61. The van der Waals surface area contributed by atoms with Gasteiger partial charge in [-0.05, 0) is 36.8 Å². The molecule has 1 N–H and O–H groups in total. The molecule has 138 valence electrons. The third-order valence-corrected chi connectivity index (χ3v) is 5.08. The molecule has 6 heteroatoms. The predicted molar refractivity (Wildman–Crippen MR) is 112 cm³/mol. The van der Waals surface area contributed by atoms with E-state index in [1.165, 1.54) is 5.69 Å². The van der Waals surface area contributed by atoms with Crippen molar-refractivity contribution in [2.45, 2.75) is 6.92 Å². The van der Waals surface area contributed by atoms with E-state index in [0.29, 0.717) is 5.02 Å². The van der Waals surface area contributed by atoms with E-state index in [-0.39, 0.29) is 0 Å². The lowest BCUT2D eigenvalue weighted by Crippen LogP contribution is -2.46. The Hall–Kier alpha value is -2.79. The summed E-state index contributed by atoms with van der Waals surface area (Å²) in [6.45, 7) is 5.86. The third-order valence-electron chi connectivity index (χ3n) is 4.84. The number of anilines is 4. The standard InChI is InChI=1S/C21H22ClN5/c1-16-7-8-17(22)13-19(16)25-20-14-21(24-15-23-20)27-11-9-26(10-12-27)18-5-3-2-4-6-18/h2-8,13-15H,9-12H2,1H3,(H,23,24,25). The fourth-order valence-electron chi connectivity index (χ4n) is 3.29. The van der Waals surface area contributed by atoms with Gasteiger partial charge in [-0.1, -0.05) is 35.9 Å². The van der Waals surface area contributed by atoms with Crippen molar-refractivity contribution in [3.63, 3.8) is 0 Å². The van der Waals surface area contributed by atoms with Crippen LogP contribution < -0.4 is 15.1 Å². The highest BCUT2D eigenvalue weighted by atomic mass is 35.5. The number of aryl methyl sites for hydroxylation is 1. The van der Waals surface area contributed by atoms with Gasteiger partial charge in [-0.3, -0.25) is 0 Å². The monoisotopic (exact) mass is 379 g/mol. The highest BCUT2D eigenvalue weighted by Gasteiger charge is 2.18. The Labute approximate surface area is 164 Å². The summed E-state index contributed by atoms with van der Waals surface area (Å²) in [7, 11) is 0. The normalized spacial score (nSPS) is 14.3. The Morgan fingerprint density at radius 2 is 1.63 bits per heavy atom. The molecule has 1 fully saturated rings. The fourth-order valence-corrected chi connectivity index (χ4v) is 3.46. The molecular formula is C21H22ClN5. The largest absolute Gasteiger partial charge is 0.368 e. The van der Waals surface area contributed by atoms with E-state index in [1.54, 1.807) is 6.33 Å². The molecule has 1 aliphatic rings. The van der Waals surface area contributed by atoms with Gasteiger partial charge < -0.3 is 15.1 Å². The molecular weight excluding hydrogens is 358 g/mol. The molecule has 5 nitrogen and oxygen atoms in total. The Bertz CT molecular complexity index is 907. The summed E-state index contributed by atoms with van der Waals surface area (Å²) in [5.41, 5.74) is 3.36. The molecule has 2 aromatic carbocycles. The second kappa shape index (κ2) is 7.84. The van der Waals surface area contributed by atoms with Crippen LogP contribution in [-0.4, -0.2) is 36.1 Å². The molecule has 27 heavy (non-hydrogen) atoms. The maximum Gasteiger partial charge on any atom is 0.135 e. The molecule has 0 atom stereocenters. The number of benzene rings is 2. The van der Waals surface area contributed by atoms with Crippen molar-refractivity contribution in [2.24, 2.45) is 0 Å². The lowest BCUT2D eigenvalue weighted by Gasteiger charge is -2.36. The van der Waals surface area contributed by atoms with Gasteiger partial charge in [0.2, 0.25) is 0 Å². The summed E-state index contributed by atoms with van der Waals surface area (Å²) in [5, 5.41) is 4.06. The molecule has 0 unspecified atom stereocenters. The number of rotatable bonds is 4. The zero-order chi connectivity index (χ0) is 18.6. The van der Waals surface area contributed by atoms with Gasteiger partial charge >= 0.3 is 0 Å². The topological polar surface area (TPSA) is 44.3 Å². The molecule has 4 rings (SSSR count). The van der Waals surface area contributed by atoms with Crippen molar-refractivity contribution < 1.29 is 0 Å². The van der Waals surface area contributed by atoms with Gasteiger partial charge in [0.15, 0.2) is 0 Å². The lowest BCUT2D eigenvalue weighted by molar-refractivity contribution is 0.647. The first kappa shape index (κ1) is 17.6. The van der Waals surface area contributed by atoms with Crippen LogP contribution in [0.4, 0.5) is 23.0 Å². The average Bonchev–Trinajstić information content (AvgIpc) is 2.72. The van der Waals surface area contributed by atoms with E-state index in [9.17, 15) is 0 Å². The summed E-state index contributed by atoms with van der Waals surface area (Å²) in [4.78, 5) is 13.5. The van der Waals surface area contributed by atoms with Gasteiger partial charge in [-0.15, -0.1) is 0 Å². The number of halogens is 1. The molecule has 0 amide bonds. The minimum absolute atomic E-state index is 0.703. The predicted octanol–water partition coefficient (Wildman–Crippen LogP) is 4.51. The molecule has 0 aliphatic carbocycles. The SMILES string of the molecule is Cc1ccc(Cl)cc1Nc1cc(N2CCN(c3ccccc3)CC2)ncn1. The van der Waals surface area contributed by atoms with Crippen LogP contribution in [-0.2, 0) is 0 Å². The molecule has 0 spiro atoms. The third kappa shape index (κ3) is 4.14. The van der Waals surface area contributed by atoms with Gasteiger partial charge in [-0.25, -0.2) is 9.97 Å². The molecule has 0 saturated carbocycles. The zero-order valence-electron chi connectivity index (χ0n) is 15.3. The first-order chi connectivity index (χ1) is 13.2. The number of nitrogens with one attached hydrogen (secondary N) is 1. The number of hydrogen-bond acceptors (Lipinski definition) is 5. The number of para-hydroxylation sites is 1. The molecule has 1 aromatic heterocycles. The number of hydrogen-bond donors (Lipinski definition) is 1. The quantitative estimate of drug-likeness (QED) is 0.722. The van der Waals surface area contributed by atoms with Crippen molar-refractivity contribution in [3.8, 4) is 0 Å². The van der Waals surface area contributed by atoms with Crippen molar-refractivity contribution in [1.29, 1.82) is 0 Å². The van der Waals surface area contributed by atoms with Crippen LogP contribution in [0.15, 0.2) is 60.9 Å². The van der Waals surface area contributed by atoms with Crippen molar-refractivity contribution >= 4 is 34.6 Å². The Kier molecular flexibility index (Phi) is 5.12. The van der Waals surface area contributed by atoms with Crippen LogP contribution in [0, 0.1) is 6.92 Å². The Morgan fingerprint density at radius 1 is 0.889 bits per heavy atom. The molecule has 0 radical (unpaired) electrons. The average molecular weight is 380 g/mol. The first-order valence-electron chi connectivity index (χ1n) is 9.09. The van der Waals surface area contributed by atoms with Crippen LogP contribution >= 0.6 is 11.6 Å². The van der Waals surface area contributed by atoms with E-state index in [4.69, 9.17) is 11.6 Å². The lowest BCUT2D eigenvalue weighted by atomic mass is 10.2. The number of aromatic nitrogens is 2. The van der Waals surface area contributed by atoms with E-state index >= 15 is 0 Å². The van der Waals surface area contributed by atoms with Gasteiger partial charge in [0, 0.05) is 48.6 Å². The maximum atomic E-state index is 6.11. The molecule has 1 aliphatic heterocycles.